The van der Waals surface area contributed by atoms with Crippen LogP contribution in [-0.2, 0) is 6.42 Å². The molecule has 3 aromatic rings. The lowest BCUT2D eigenvalue weighted by Gasteiger charge is -2.07. The highest BCUT2D eigenvalue weighted by molar-refractivity contribution is 5.94. The predicted molar refractivity (Wildman–Crippen MR) is 88.3 cm³/mol. The van der Waals surface area contributed by atoms with Crippen molar-refractivity contribution in [3.8, 4) is 5.69 Å². The zero-order valence-corrected chi connectivity index (χ0v) is 13.1. The van der Waals surface area contributed by atoms with Gasteiger partial charge in [-0.25, -0.2) is 4.68 Å². The number of rotatable bonds is 6. The first kappa shape index (κ1) is 16.2. The van der Waals surface area contributed by atoms with Gasteiger partial charge in [0.25, 0.3) is 11.6 Å². The molecule has 9 nitrogen and oxygen atoms in total. The van der Waals surface area contributed by atoms with E-state index in [1.807, 2.05) is 0 Å². The first-order valence-corrected chi connectivity index (χ1v) is 7.47. The average Bonchev–Trinajstić information content (AvgIpc) is 3.17. The number of hydrogen-bond acceptors (Lipinski definition) is 6. The van der Waals surface area contributed by atoms with Gasteiger partial charge in [0, 0.05) is 24.9 Å². The summed E-state index contributed by atoms with van der Waals surface area (Å²) < 4.78 is 1.51. The van der Waals surface area contributed by atoms with Crippen molar-refractivity contribution in [3.05, 3.63) is 76.4 Å². The van der Waals surface area contributed by atoms with Crippen LogP contribution in [0.3, 0.4) is 0 Å². The lowest BCUT2D eigenvalue weighted by molar-refractivity contribution is -0.384. The van der Waals surface area contributed by atoms with Crippen LogP contribution in [0.1, 0.15) is 15.9 Å². The number of amides is 1. The van der Waals surface area contributed by atoms with Gasteiger partial charge < -0.3 is 5.32 Å². The predicted octanol–water partition coefficient (Wildman–Crippen LogP) is 1.54. The van der Waals surface area contributed by atoms with E-state index in [1.54, 1.807) is 30.6 Å². The molecular weight excluding hydrogens is 324 g/mol. The van der Waals surface area contributed by atoms with Crippen LogP contribution in [0.25, 0.3) is 5.69 Å². The highest BCUT2D eigenvalue weighted by atomic mass is 16.6. The summed E-state index contributed by atoms with van der Waals surface area (Å²) in [6, 6.07) is 8.00. The molecule has 3 rings (SSSR count). The van der Waals surface area contributed by atoms with E-state index in [2.05, 4.69) is 20.6 Å². The quantitative estimate of drug-likeness (QED) is 0.538. The van der Waals surface area contributed by atoms with Gasteiger partial charge in [0.2, 0.25) is 0 Å². The van der Waals surface area contributed by atoms with E-state index in [4.69, 9.17) is 0 Å². The minimum atomic E-state index is -0.441. The third-order valence-corrected chi connectivity index (χ3v) is 3.49. The number of pyridine rings is 1. The Morgan fingerprint density at radius 3 is 2.92 bits per heavy atom. The van der Waals surface area contributed by atoms with Crippen molar-refractivity contribution in [2.75, 3.05) is 6.54 Å². The fraction of sp³-hybridized carbons (Fsp3) is 0.125. The number of nitrogens with one attached hydrogen (secondary N) is 1. The molecule has 0 unspecified atom stereocenters. The number of nitrogens with zero attached hydrogens (tertiary/aromatic N) is 5. The van der Waals surface area contributed by atoms with Gasteiger partial charge in [-0.05, 0) is 18.1 Å². The van der Waals surface area contributed by atoms with E-state index < -0.39 is 4.92 Å². The van der Waals surface area contributed by atoms with Crippen LogP contribution in [0.4, 0.5) is 5.69 Å². The average molecular weight is 338 g/mol. The number of carbonyl (C=O) groups excluding carboxylic acids is 1. The molecule has 0 saturated carbocycles. The molecule has 0 saturated heterocycles. The molecule has 1 N–H and O–H groups in total. The van der Waals surface area contributed by atoms with Gasteiger partial charge >= 0.3 is 0 Å². The van der Waals surface area contributed by atoms with E-state index in [0.717, 1.165) is 5.56 Å². The maximum absolute atomic E-state index is 12.2. The molecule has 25 heavy (non-hydrogen) atoms. The number of non-ortho nitro benzene ring substituents is 1. The van der Waals surface area contributed by atoms with E-state index in [-0.39, 0.29) is 11.6 Å². The molecule has 0 aliphatic heterocycles. The zero-order chi connectivity index (χ0) is 17.6. The summed E-state index contributed by atoms with van der Waals surface area (Å²) in [6.45, 7) is 0.355. The van der Waals surface area contributed by atoms with E-state index >= 15 is 0 Å². The summed E-state index contributed by atoms with van der Waals surface area (Å²) in [4.78, 5) is 26.6. The molecule has 2 heterocycles. The second kappa shape index (κ2) is 7.30. The van der Waals surface area contributed by atoms with Crippen LogP contribution < -0.4 is 5.32 Å². The second-order valence-corrected chi connectivity index (χ2v) is 5.21. The second-order valence-electron chi connectivity index (χ2n) is 5.21. The van der Waals surface area contributed by atoms with Gasteiger partial charge in [0.05, 0.1) is 34.8 Å². The van der Waals surface area contributed by atoms with Crippen LogP contribution in [-0.4, -0.2) is 37.4 Å². The Labute approximate surface area is 142 Å². The molecule has 126 valence electrons. The highest BCUT2D eigenvalue weighted by Gasteiger charge is 2.09. The van der Waals surface area contributed by atoms with Crippen LogP contribution in [0.5, 0.6) is 0 Å². The van der Waals surface area contributed by atoms with Gasteiger partial charge in [-0.1, -0.05) is 17.3 Å². The lowest BCUT2D eigenvalue weighted by Crippen LogP contribution is -2.26. The Morgan fingerprint density at radius 1 is 1.28 bits per heavy atom. The van der Waals surface area contributed by atoms with E-state index in [1.165, 1.54) is 29.2 Å². The maximum atomic E-state index is 12.2. The topological polar surface area (TPSA) is 116 Å². The van der Waals surface area contributed by atoms with Gasteiger partial charge in [0.15, 0.2) is 0 Å². The minimum Gasteiger partial charge on any atom is -0.352 e. The maximum Gasteiger partial charge on any atom is 0.269 e. The molecule has 0 bridgehead atoms. The molecule has 0 aliphatic rings. The van der Waals surface area contributed by atoms with Crippen molar-refractivity contribution in [2.45, 2.75) is 6.42 Å². The Balaban J connectivity index is 1.61. The van der Waals surface area contributed by atoms with Crippen molar-refractivity contribution in [3.63, 3.8) is 0 Å². The van der Waals surface area contributed by atoms with Crippen LogP contribution in [0, 0.1) is 10.1 Å². The smallest absolute Gasteiger partial charge is 0.269 e. The molecule has 0 atom stereocenters. The SMILES string of the molecule is O=C(NCCc1cccc([N+](=O)[O-])c1)c1cncc(-n2ccnn2)c1. The van der Waals surface area contributed by atoms with Crippen LogP contribution in [0.2, 0.25) is 0 Å². The Bertz CT molecular complexity index is 894. The molecule has 0 fully saturated rings. The number of nitro benzene ring substituents is 1. The monoisotopic (exact) mass is 338 g/mol. The fourth-order valence-corrected chi connectivity index (χ4v) is 2.27. The summed E-state index contributed by atoms with van der Waals surface area (Å²) in [5.74, 6) is -0.278. The van der Waals surface area contributed by atoms with Crippen molar-refractivity contribution < 1.29 is 9.72 Å². The number of hydrogen-bond donors (Lipinski definition) is 1. The lowest BCUT2D eigenvalue weighted by atomic mass is 10.1. The van der Waals surface area contributed by atoms with Crippen LogP contribution in [0.15, 0.2) is 55.1 Å². The largest absolute Gasteiger partial charge is 0.352 e. The number of aromatic nitrogens is 4. The zero-order valence-electron chi connectivity index (χ0n) is 13.1. The Hall–Kier alpha value is -3.62. The summed E-state index contributed by atoms with van der Waals surface area (Å²) in [7, 11) is 0. The molecule has 1 aromatic carbocycles. The summed E-state index contributed by atoms with van der Waals surface area (Å²) in [5.41, 5.74) is 1.84. The Kier molecular flexibility index (Phi) is 4.74. The van der Waals surface area contributed by atoms with Crippen LogP contribution >= 0.6 is 0 Å². The van der Waals surface area contributed by atoms with Gasteiger partial charge in [-0.3, -0.25) is 19.9 Å². The Morgan fingerprint density at radius 2 is 2.16 bits per heavy atom. The van der Waals surface area contributed by atoms with Crippen molar-refractivity contribution in [2.24, 2.45) is 0 Å². The van der Waals surface area contributed by atoms with Crippen molar-refractivity contribution in [1.82, 2.24) is 25.3 Å². The van der Waals surface area contributed by atoms with Gasteiger partial charge in [-0.15, -0.1) is 5.10 Å². The molecule has 0 radical (unpaired) electrons. The first-order valence-electron chi connectivity index (χ1n) is 7.47. The van der Waals surface area contributed by atoms with Crippen molar-refractivity contribution in [1.29, 1.82) is 0 Å². The molecule has 0 spiro atoms. The molecule has 0 aliphatic carbocycles. The molecular formula is C16H14N6O3. The van der Waals surface area contributed by atoms with Gasteiger partial charge in [0.1, 0.15) is 0 Å². The number of nitro groups is 1. The van der Waals surface area contributed by atoms with E-state index in [0.29, 0.717) is 24.2 Å². The highest BCUT2D eigenvalue weighted by Crippen LogP contribution is 2.13. The van der Waals surface area contributed by atoms with Crippen molar-refractivity contribution >= 4 is 11.6 Å². The summed E-state index contributed by atoms with van der Waals surface area (Å²) in [5, 5.41) is 21.1. The van der Waals surface area contributed by atoms with Gasteiger partial charge in [-0.2, -0.15) is 0 Å². The third kappa shape index (κ3) is 4.02. The molecule has 1 amide bonds. The summed E-state index contributed by atoms with van der Waals surface area (Å²) >= 11 is 0. The minimum absolute atomic E-state index is 0.0357. The number of benzene rings is 1. The fourth-order valence-electron chi connectivity index (χ4n) is 2.27. The number of carbonyl (C=O) groups is 1. The first-order chi connectivity index (χ1) is 12.1. The standard InChI is InChI=1S/C16H14N6O3/c23-16(13-9-15(11-17-10-13)21-7-6-19-20-21)18-5-4-12-2-1-3-14(8-12)22(24)25/h1-3,6-11H,4-5H2,(H,18,23). The molecule has 2 aromatic heterocycles. The molecule has 9 heteroatoms. The normalized spacial score (nSPS) is 10.4. The third-order valence-electron chi connectivity index (χ3n) is 3.49. The summed E-state index contributed by atoms with van der Waals surface area (Å²) in [6.07, 6.45) is 6.72. The van der Waals surface area contributed by atoms with E-state index in [9.17, 15) is 14.9 Å².